The molecule has 0 spiro atoms. The van der Waals surface area contributed by atoms with E-state index in [1.807, 2.05) is 13.8 Å². The highest BCUT2D eigenvalue weighted by molar-refractivity contribution is 5.81. The molecule has 118 valence electrons. The molecule has 0 aromatic carbocycles. The lowest BCUT2D eigenvalue weighted by Gasteiger charge is -2.31. The number of ether oxygens (including phenoxy) is 1. The van der Waals surface area contributed by atoms with Gasteiger partial charge in [0, 0.05) is 12.3 Å². The first-order chi connectivity index (χ1) is 8.99. The number of hydrogen-bond acceptors (Lipinski definition) is 4. The first kappa shape index (κ1) is 18.9. The van der Waals surface area contributed by atoms with Crippen LogP contribution in [-0.2, 0) is 9.53 Å². The number of carbonyl (C=O) groups excluding carboxylic acids is 2. The predicted octanol–water partition coefficient (Wildman–Crippen LogP) is 2.51. The van der Waals surface area contributed by atoms with E-state index in [0.29, 0.717) is 6.42 Å². The van der Waals surface area contributed by atoms with E-state index >= 15 is 0 Å². The van der Waals surface area contributed by atoms with Gasteiger partial charge in [0.15, 0.2) is 0 Å². The lowest BCUT2D eigenvalue weighted by molar-refractivity contribution is -0.126. The van der Waals surface area contributed by atoms with Crippen molar-refractivity contribution in [3.8, 4) is 0 Å². The van der Waals surface area contributed by atoms with Gasteiger partial charge >= 0.3 is 6.09 Å². The topological polar surface area (TPSA) is 75.6 Å². The Morgan fingerprint density at radius 1 is 1.20 bits per heavy atom. The van der Waals surface area contributed by atoms with Crippen LogP contribution in [0.3, 0.4) is 0 Å². The second-order valence-electron chi connectivity index (χ2n) is 6.52. The molecule has 0 saturated heterocycles. The molecule has 0 saturated carbocycles. The molecule has 0 radical (unpaired) electrons. The fourth-order valence-electron chi connectivity index (χ4n) is 1.91. The Balaban J connectivity index is 4.81. The SMILES string of the molecule is CCC(=O)[C@@H](C)[C@H](O)[C@@H](NC(=O)OC(C)(C)C)C(C)C. The number of aliphatic hydroxyl groups is 1. The highest BCUT2D eigenvalue weighted by Crippen LogP contribution is 2.17. The van der Waals surface area contributed by atoms with Crippen LogP contribution < -0.4 is 5.32 Å². The summed E-state index contributed by atoms with van der Waals surface area (Å²) in [6.45, 7) is 12.5. The molecule has 0 bridgehead atoms. The zero-order valence-electron chi connectivity index (χ0n) is 13.7. The van der Waals surface area contributed by atoms with Crippen molar-refractivity contribution in [1.82, 2.24) is 5.32 Å². The van der Waals surface area contributed by atoms with Crippen molar-refractivity contribution in [3.05, 3.63) is 0 Å². The van der Waals surface area contributed by atoms with E-state index in [0.717, 1.165) is 0 Å². The molecule has 0 rings (SSSR count). The maximum Gasteiger partial charge on any atom is 0.407 e. The molecule has 0 heterocycles. The average molecular weight is 287 g/mol. The fourth-order valence-corrected chi connectivity index (χ4v) is 1.91. The Labute approximate surface area is 122 Å². The second kappa shape index (κ2) is 7.62. The van der Waals surface area contributed by atoms with Gasteiger partial charge in [-0.2, -0.15) is 0 Å². The van der Waals surface area contributed by atoms with Gasteiger partial charge in [0.2, 0.25) is 0 Å². The molecular formula is C15H29NO4. The van der Waals surface area contributed by atoms with Crippen LogP contribution in [0.25, 0.3) is 0 Å². The highest BCUT2D eigenvalue weighted by atomic mass is 16.6. The van der Waals surface area contributed by atoms with Crippen LogP contribution in [0.2, 0.25) is 0 Å². The minimum Gasteiger partial charge on any atom is -0.444 e. The zero-order chi connectivity index (χ0) is 16.1. The van der Waals surface area contributed by atoms with Crippen molar-refractivity contribution in [3.63, 3.8) is 0 Å². The largest absolute Gasteiger partial charge is 0.444 e. The fraction of sp³-hybridized carbons (Fsp3) is 0.867. The van der Waals surface area contributed by atoms with Crippen molar-refractivity contribution < 1.29 is 19.4 Å². The molecule has 0 unspecified atom stereocenters. The Hall–Kier alpha value is -1.10. The molecule has 0 aliphatic heterocycles. The zero-order valence-corrected chi connectivity index (χ0v) is 13.7. The van der Waals surface area contributed by atoms with Crippen molar-refractivity contribution in [2.24, 2.45) is 11.8 Å². The quantitative estimate of drug-likeness (QED) is 0.787. The number of nitrogens with one attached hydrogen (secondary N) is 1. The molecule has 20 heavy (non-hydrogen) atoms. The van der Waals surface area contributed by atoms with Gasteiger partial charge in [0.1, 0.15) is 11.4 Å². The van der Waals surface area contributed by atoms with E-state index in [-0.39, 0.29) is 11.7 Å². The van der Waals surface area contributed by atoms with Crippen LogP contribution in [0.5, 0.6) is 0 Å². The maximum atomic E-state index is 11.8. The summed E-state index contributed by atoms with van der Waals surface area (Å²) in [4.78, 5) is 23.5. The third kappa shape index (κ3) is 6.37. The molecular weight excluding hydrogens is 258 g/mol. The van der Waals surface area contributed by atoms with Gasteiger partial charge in [0.05, 0.1) is 12.1 Å². The van der Waals surface area contributed by atoms with E-state index in [9.17, 15) is 14.7 Å². The number of aliphatic hydroxyl groups excluding tert-OH is 1. The van der Waals surface area contributed by atoms with Gasteiger partial charge in [-0.3, -0.25) is 4.79 Å². The van der Waals surface area contributed by atoms with E-state index < -0.39 is 29.8 Å². The van der Waals surface area contributed by atoms with Crippen LogP contribution in [0.1, 0.15) is 54.9 Å². The number of carbonyl (C=O) groups is 2. The molecule has 5 heteroatoms. The molecule has 5 nitrogen and oxygen atoms in total. The lowest BCUT2D eigenvalue weighted by atomic mass is 9.87. The van der Waals surface area contributed by atoms with Crippen molar-refractivity contribution in [2.75, 3.05) is 0 Å². The minimum absolute atomic E-state index is 0.00961. The summed E-state index contributed by atoms with van der Waals surface area (Å²) in [5, 5.41) is 13.0. The average Bonchev–Trinajstić information content (AvgIpc) is 2.30. The molecule has 0 aromatic rings. The van der Waals surface area contributed by atoms with E-state index in [4.69, 9.17) is 4.74 Å². The van der Waals surface area contributed by atoms with E-state index in [1.165, 1.54) is 0 Å². The molecule has 0 aliphatic carbocycles. The summed E-state index contributed by atoms with van der Waals surface area (Å²) in [5.41, 5.74) is -0.596. The number of ketones is 1. The molecule has 0 fully saturated rings. The van der Waals surface area contributed by atoms with Crippen LogP contribution in [0.15, 0.2) is 0 Å². The maximum absolute atomic E-state index is 11.8. The second-order valence-corrected chi connectivity index (χ2v) is 6.52. The van der Waals surface area contributed by atoms with Crippen LogP contribution in [-0.4, -0.2) is 34.7 Å². The summed E-state index contributed by atoms with van der Waals surface area (Å²) >= 11 is 0. The Morgan fingerprint density at radius 3 is 2.05 bits per heavy atom. The minimum atomic E-state index is -0.921. The molecule has 3 atom stereocenters. The van der Waals surface area contributed by atoms with Crippen molar-refractivity contribution >= 4 is 11.9 Å². The number of rotatable bonds is 6. The third-order valence-electron chi connectivity index (χ3n) is 3.14. The molecule has 0 aromatic heterocycles. The monoisotopic (exact) mass is 287 g/mol. The molecule has 1 amide bonds. The summed E-state index contributed by atoms with van der Waals surface area (Å²) in [6.07, 6.45) is -1.13. The van der Waals surface area contributed by atoms with Gasteiger partial charge in [0.25, 0.3) is 0 Å². The third-order valence-corrected chi connectivity index (χ3v) is 3.14. The summed E-state index contributed by atoms with van der Waals surface area (Å²) in [5.74, 6) is -0.541. The summed E-state index contributed by atoms with van der Waals surface area (Å²) < 4.78 is 5.19. The van der Waals surface area contributed by atoms with Crippen molar-refractivity contribution in [2.45, 2.75) is 72.6 Å². The summed E-state index contributed by atoms with van der Waals surface area (Å²) in [7, 11) is 0. The van der Waals surface area contributed by atoms with Gasteiger partial charge in [-0.1, -0.05) is 27.7 Å². The van der Waals surface area contributed by atoms with Gasteiger partial charge in [-0.05, 0) is 26.7 Å². The molecule has 2 N–H and O–H groups in total. The van der Waals surface area contributed by atoms with Crippen molar-refractivity contribution in [1.29, 1.82) is 0 Å². The number of hydrogen-bond donors (Lipinski definition) is 2. The van der Waals surface area contributed by atoms with Crippen LogP contribution in [0, 0.1) is 11.8 Å². The normalized spacial score (nSPS) is 16.4. The smallest absolute Gasteiger partial charge is 0.407 e. The Morgan fingerprint density at radius 2 is 1.70 bits per heavy atom. The van der Waals surface area contributed by atoms with E-state index in [2.05, 4.69) is 5.32 Å². The predicted molar refractivity (Wildman–Crippen MR) is 78.5 cm³/mol. The first-order valence-corrected chi connectivity index (χ1v) is 7.19. The molecule has 0 aliphatic rings. The van der Waals surface area contributed by atoms with Gasteiger partial charge in [-0.25, -0.2) is 4.79 Å². The number of Topliss-reactive ketones (excluding diaryl/α,β-unsaturated/α-hetero) is 1. The van der Waals surface area contributed by atoms with Gasteiger partial charge < -0.3 is 15.2 Å². The van der Waals surface area contributed by atoms with Crippen LogP contribution >= 0.6 is 0 Å². The van der Waals surface area contributed by atoms with Gasteiger partial charge in [-0.15, -0.1) is 0 Å². The number of amides is 1. The summed E-state index contributed by atoms with van der Waals surface area (Å²) in [6, 6.07) is -0.518. The first-order valence-electron chi connectivity index (χ1n) is 7.19. The van der Waals surface area contributed by atoms with Crippen LogP contribution in [0.4, 0.5) is 4.79 Å². The highest BCUT2D eigenvalue weighted by Gasteiger charge is 2.32. The van der Waals surface area contributed by atoms with E-state index in [1.54, 1.807) is 34.6 Å². The standard InChI is InChI=1S/C15H29NO4/c1-8-11(17)10(4)13(18)12(9(2)3)16-14(19)20-15(5,6)7/h9-10,12-13,18H,8H2,1-7H3,(H,16,19)/t10-,12+,13+/m1/s1. The Bertz CT molecular complexity index is 333. The Kier molecular flexibility index (Phi) is 7.20. The number of alkyl carbamates (subject to hydrolysis) is 1. The lowest BCUT2D eigenvalue weighted by Crippen LogP contribution is -2.51.